The molecule has 0 aliphatic heterocycles. The molecule has 0 fully saturated rings. The second-order valence-electron chi connectivity index (χ2n) is 3.61. The van der Waals surface area contributed by atoms with Crippen LogP contribution in [0.5, 0.6) is 0 Å². The first-order chi connectivity index (χ1) is 6.31. The summed E-state index contributed by atoms with van der Waals surface area (Å²) in [7, 11) is 0. The number of nitrogens with one attached hydrogen (secondary N) is 1. The van der Waals surface area contributed by atoms with Gasteiger partial charge in [0.25, 0.3) is 0 Å². The van der Waals surface area contributed by atoms with Gasteiger partial charge in [-0.3, -0.25) is 0 Å². The van der Waals surface area contributed by atoms with Crippen molar-refractivity contribution in [2.75, 3.05) is 11.9 Å². The fraction of sp³-hybridized carbons (Fsp3) is 0.600. The molecule has 13 heavy (non-hydrogen) atoms. The molecular weight excluding hydrogens is 162 g/mol. The zero-order valence-corrected chi connectivity index (χ0v) is 8.17. The van der Waals surface area contributed by atoms with Crippen molar-refractivity contribution >= 4 is 5.82 Å². The van der Waals surface area contributed by atoms with Crippen LogP contribution in [0.3, 0.4) is 0 Å². The average Bonchev–Trinajstić information content (AvgIpc) is 2.48. The summed E-state index contributed by atoms with van der Waals surface area (Å²) in [6.45, 7) is 5.19. The van der Waals surface area contributed by atoms with Crippen molar-refractivity contribution in [2.45, 2.75) is 32.6 Å². The van der Waals surface area contributed by atoms with Gasteiger partial charge in [-0.2, -0.15) is 5.10 Å². The molecular formula is C10H15N3. The lowest BCUT2D eigenvalue weighted by atomic mass is 10.1. The predicted octanol–water partition coefficient (Wildman–Crippen LogP) is 1.96. The van der Waals surface area contributed by atoms with Crippen LogP contribution >= 0.6 is 0 Å². The fourth-order valence-corrected chi connectivity index (χ4v) is 1.83. The van der Waals surface area contributed by atoms with Crippen molar-refractivity contribution in [2.24, 2.45) is 0 Å². The molecule has 1 aromatic rings. The lowest BCUT2D eigenvalue weighted by molar-refractivity contribution is 0.719. The first kappa shape index (κ1) is 8.48. The highest BCUT2D eigenvalue weighted by Crippen LogP contribution is 2.30. The Bertz CT molecular complexity index is 309. The van der Waals surface area contributed by atoms with Crippen LogP contribution in [0.1, 0.15) is 37.4 Å². The first-order valence-electron chi connectivity index (χ1n) is 4.91. The first-order valence-corrected chi connectivity index (χ1v) is 4.91. The highest BCUT2D eigenvalue weighted by Gasteiger charge is 2.20. The molecule has 3 heteroatoms. The van der Waals surface area contributed by atoms with Gasteiger partial charge in [0.15, 0.2) is 0 Å². The molecule has 1 N–H and O–H groups in total. The van der Waals surface area contributed by atoms with Gasteiger partial charge in [0.1, 0.15) is 5.82 Å². The average molecular weight is 177 g/mol. The van der Waals surface area contributed by atoms with Crippen molar-refractivity contribution < 1.29 is 0 Å². The van der Waals surface area contributed by atoms with Gasteiger partial charge in [-0.1, -0.05) is 6.92 Å². The number of rotatable bonds is 2. The number of hydrogen-bond acceptors (Lipinski definition) is 3. The minimum absolute atomic E-state index is 0.596. The summed E-state index contributed by atoms with van der Waals surface area (Å²) >= 11 is 0. The van der Waals surface area contributed by atoms with Crippen molar-refractivity contribution in [3.63, 3.8) is 0 Å². The van der Waals surface area contributed by atoms with Gasteiger partial charge in [0.2, 0.25) is 0 Å². The quantitative estimate of drug-likeness (QED) is 0.750. The Labute approximate surface area is 78.6 Å². The predicted molar refractivity (Wildman–Crippen MR) is 52.9 cm³/mol. The van der Waals surface area contributed by atoms with Crippen LogP contribution in [0.15, 0.2) is 6.07 Å². The lowest BCUT2D eigenvalue weighted by Gasteiger charge is -2.04. The van der Waals surface area contributed by atoms with E-state index >= 15 is 0 Å². The molecule has 0 saturated heterocycles. The summed E-state index contributed by atoms with van der Waals surface area (Å²) in [5, 5.41) is 11.6. The highest BCUT2D eigenvalue weighted by atomic mass is 15.2. The van der Waals surface area contributed by atoms with Gasteiger partial charge >= 0.3 is 0 Å². The normalized spacial score (nSPS) is 20.0. The van der Waals surface area contributed by atoms with Crippen molar-refractivity contribution in [3.05, 3.63) is 17.3 Å². The van der Waals surface area contributed by atoms with Crippen LogP contribution in [0, 0.1) is 0 Å². The number of aromatic nitrogens is 2. The second kappa shape index (κ2) is 3.32. The molecule has 1 heterocycles. The van der Waals surface area contributed by atoms with E-state index in [9.17, 15) is 0 Å². The Morgan fingerprint density at radius 2 is 2.38 bits per heavy atom. The summed E-state index contributed by atoms with van der Waals surface area (Å²) in [6, 6.07) is 2.13. The van der Waals surface area contributed by atoms with Gasteiger partial charge in [-0.05, 0) is 31.4 Å². The van der Waals surface area contributed by atoms with Gasteiger partial charge in [-0.25, -0.2) is 0 Å². The molecule has 0 amide bonds. The number of fused-ring (bicyclic) bond motifs is 1. The number of anilines is 1. The molecule has 70 valence electrons. The fourth-order valence-electron chi connectivity index (χ4n) is 1.83. The molecule has 1 aliphatic carbocycles. The standard InChI is InChI=1S/C10H15N3/c1-3-11-9-6-8-5-4-7(2)10(8)13-12-9/h6-7H,3-5H2,1-2H3,(H,11,12). The molecule has 1 aliphatic rings. The molecule has 2 rings (SSSR count). The van der Waals surface area contributed by atoms with Crippen molar-refractivity contribution in [3.8, 4) is 0 Å². The molecule has 1 atom stereocenters. The van der Waals surface area contributed by atoms with Crippen LogP contribution in [0.25, 0.3) is 0 Å². The lowest BCUT2D eigenvalue weighted by Crippen LogP contribution is -2.03. The summed E-state index contributed by atoms with van der Waals surface area (Å²) in [5.41, 5.74) is 2.57. The molecule has 1 unspecified atom stereocenters. The van der Waals surface area contributed by atoms with E-state index in [1.165, 1.54) is 17.7 Å². The number of aryl methyl sites for hydroxylation is 1. The summed E-state index contributed by atoms with van der Waals surface area (Å²) in [4.78, 5) is 0. The monoisotopic (exact) mass is 177 g/mol. The zero-order chi connectivity index (χ0) is 9.26. The van der Waals surface area contributed by atoms with E-state index in [2.05, 4.69) is 35.4 Å². The van der Waals surface area contributed by atoms with E-state index < -0.39 is 0 Å². The Kier molecular flexibility index (Phi) is 2.17. The van der Waals surface area contributed by atoms with Crippen LogP contribution in [0.2, 0.25) is 0 Å². The third kappa shape index (κ3) is 1.50. The zero-order valence-electron chi connectivity index (χ0n) is 8.17. The van der Waals surface area contributed by atoms with Crippen LogP contribution in [0.4, 0.5) is 5.82 Å². The molecule has 0 bridgehead atoms. The largest absolute Gasteiger partial charge is 0.369 e. The minimum Gasteiger partial charge on any atom is -0.369 e. The summed E-state index contributed by atoms with van der Waals surface area (Å²) < 4.78 is 0. The van der Waals surface area contributed by atoms with E-state index in [0.717, 1.165) is 18.8 Å². The van der Waals surface area contributed by atoms with Crippen molar-refractivity contribution in [1.82, 2.24) is 10.2 Å². The Morgan fingerprint density at radius 1 is 1.54 bits per heavy atom. The third-order valence-electron chi connectivity index (χ3n) is 2.58. The van der Waals surface area contributed by atoms with Gasteiger partial charge in [0.05, 0.1) is 5.69 Å². The van der Waals surface area contributed by atoms with Crippen molar-refractivity contribution in [1.29, 1.82) is 0 Å². The van der Waals surface area contributed by atoms with E-state index in [1.54, 1.807) is 0 Å². The third-order valence-corrected chi connectivity index (χ3v) is 2.58. The molecule has 0 spiro atoms. The SMILES string of the molecule is CCNc1cc2c(nn1)C(C)CC2. The maximum Gasteiger partial charge on any atom is 0.148 e. The van der Waals surface area contributed by atoms with Crippen LogP contribution in [-0.4, -0.2) is 16.7 Å². The Hall–Kier alpha value is -1.12. The minimum atomic E-state index is 0.596. The molecule has 0 radical (unpaired) electrons. The van der Waals surface area contributed by atoms with Crippen LogP contribution in [-0.2, 0) is 6.42 Å². The highest BCUT2D eigenvalue weighted by molar-refractivity contribution is 5.40. The molecule has 0 saturated carbocycles. The van der Waals surface area contributed by atoms with Gasteiger partial charge in [-0.15, -0.1) is 5.10 Å². The second-order valence-corrected chi connectivity index (χ2v) is 3.61. The topological polar surface area (TPSA) is 37.8 Å². The number of hydrogen-bond donors (Lipinski definition) is 1. The van der Waals surface area contributed by atoms with E-state index in [0.29, 0.717) is 5.92 Å². The number of nitrogens with zero attached hydrogens (tertiary/aromatic N) is 2. The summed E-state index contributed by atoms with van der Waals surface area (Å²) in [6.07, 6.45) is 2.38. The van der Waals surface area contributed by atoms with E-state index in [1.807, 2.05) is 0 Å². The van der Waals surface area contributed by atoms with Crippen LogP contribution < -0.4 is 5.32 Å². The smallest absolute Gasteiger partial charge is 0.148 e. The molecule has 3 nitrogen and oxygen atoms in total. The maximum atomic E-state index is 4.25. The maximum absolute atomic E-state index is 4.25. The molecule has 0 aromatic carbocycles. The van der Waals surface area contributed by atoms with E-state index in [4.69, 9.17) is 0 Å². The van der Waals surface area contributed by atoms with Gasteiger partial charge < -0.3 is 5.32 Å². The van der Waals surface area contributed by atoms with E-state index in [-0.39, 0.29) is 0 Å². The summed E-state index contributed by atoms with van der Waals surface area (Å²) in [5.74, 6) is 1.51. The van der Waals surface area contributed by atoms with Gasteiger partial charge in [0, 0.05) is 12.5 Å². The Morgan fingerprint density at radius 3 is 3.15 bits per heavy atom. The Balaban J connectivity index is 2.29. The molecule has 1 aromatic heterocycles.